The molecule has 1 atom stereocenters. The van der Waals surface area contributed by atoms with Crippen molar-refractivity contribution in [3.63, 3.8) is 0 Å². The molecule has 1 saturated heterocycles. The Morgan fingerprint density at radius 3 is 2.89 bits per heavy atom. The second-order valence-corrected chi connectivity index (χ2v) is 5.48. The van der Waals surface area contributed by atoms with Crippen LogP contribution in [0.25, 0.3) is 0 Å². The van der Waals surface area contributed by atoms with Crippen LogP contribution in [0.3, 0.4) is 0 Å². The molecular weight excluding hydrogens is 238 g/mol. The van der Waals surface area contributed by atoms with Crippen LogP contribution >= 0.6 is 0 Å². The zero-order chi connectivity index (χ0) is 13.7. The van der Waals surface area contributed by atoms with Crippen molar-refractivity contribution < 1.29 is 0 Å². The number of hydrogen-bond acceptors (Lipinski definition) is 3. The Kier molecular flexibility index (Phi) is 5.02. The molecule has 0 spiro atoms. The molecule has 0 radical (unpaired) electrons. The normalized spacial score (nSPS) is 21.1. The van der Waals surface area contributed by atoms with Crippen LogP contribution in [0.5, 0.6) is 0 Å². The predicted octanol–water partition coefficient (Wildman–Crippen LogP) is 2.06. The molecule has 0 bridgehead atoms. The van der Waals surface area contributed by atoms with E-state index in [1.54, 1.807) is 17.7 Å². The average Bonchev–Trinajstić information content (AvgIpc) is 2.60. The Hall–Kier alpha value is -1.29. The fraction of sp³-hybridized carbons (Fsp3) is 0.667. The summed E-state index contributed by atoms with van der Waals surface area (Å²) < 4.78 is 1.63. The van der Waals surface area contributed by atoms with Crippen LogP contribution in [0.1, 0.15) is 32.6 Å². The molecule has 1 N–H and O–H groups in total. The Balaban J connectivity index is 1.92. The minimum Gasteiger partial charge on any atom is -0.381 e. The highest BCUT2D eigenvalue weighted by molar-refractivity contribution is 5.41. The van der Waals surface area contributed by atoms with Gasteiger partial charge in [-0.05, 0) is 44.8 Å². The molecule has 1 aliphatic heterocycles. The van der Waals surface area contributed by atoms with Crippen molar-refractivity contribution in [1.82, 2.24) is 9.47 Å². The van der Waals surface area contributed by atoms with Crippen molar-refractivity contribution in [1.29, 1.82) is 0 Å². The van der Waals surface area contributed by atoms with Crippen LogP contribution in [0.2, 0.25) is 0 Å². The van der Waals surface area contributed by atoms with Gasteiger partial charge in [0, 0.05) is 31.9 Å². The molecule has 2 rings (SSSR count). The Bertz CT molecular complexity index is 455. The van der Waals surface area contributed by atoms with Crippen LogP contribution in [0, 0.1) is 0 Å². The lowest BCUT2D eigenvalue weighted by molar-refractivity contribution is 0.285. The number of anilines is 1. The van der Waals surface area contributed by atoms with Crippen LogP contribution in [-0.2, 0) is 7.05 Å². The lowest BCUT2D eigenvalue weighted by Crippen LogP contribution is -2.27. The second kappa shape index (κ2) is 6.75. The zero-order valence-corrected chi connectivity index (χ0v) is 12.1. The predicted molar refractivity (Wildman–Crippen MR) is 79.7 cm³/mol. The average molecular weight is 263 g/mol. The maximum atomic E-state index is 11.4. The Labute approximate surface area is 115 Å². The molecule has 2 heterocycles. The number of likely N-dealkylation sites (tertiary alicyclic amines) is 1. The van der Waals surface area contributed by atoms with Gasteiger partial charge in [-0.1, -0.05) is 6.92 Å². The summed E-state index contributed by atoms with van der Waals surface area (Å²) in [6.45, 7) is 5.86. The van der Waals surface area contributed by atoms with Gasteiger partial charge in [-0.25, -0.2) is 0 Å². The summed E-state index contributed by atoms with van der Waals surface area (Å²) in [6, 6.07) is 4.04. The van der Waals surface area contributed by atoms with E-state index in [-0.39, 0.29) is 5.56 Å². The second-order valence-electron chi connectivity index (χ2n) is 5.48. The van der Waals surface area contributed by atoms with Gasteiger partial charge in [0.2, 0.25) is 5.56 Å². The molecule has 1 aromatic heterocycles. The van der Waals surface area contributed by atoms with E-state index in [4.69, 9.17) is 0 Å². The summed E-state index contributed by atoms with van der Waals surface area (Å²) in [5, 5.41) is 3.57. The standard InChI is InChI=1S/C15H25N3O/c1-3-9-18-10-4-5-13(8-11-18)16-14-6-7-15(19)17(2)12-14/h6-7,12-13,16H,3-5,8-11H2,1-2H3. The Morgan fingerprint density at radius 1 is 1.32 bits per heavy atom. The highest BCUT2D eigenvalue weighted by Gasteiger charge is 2.16. The fourth-order valence-corrected chi connectivity index (χ4v) is 2.76. The van der Waals surface area contributed by atoms with Crippen LogP contribution in [-0.4, -0.2) is 35.1 Å². The van der Waals surface area contributed by atoms with Crippen molar-refractivity contribution in [2.24, 2.45) is 7.05 Å². The van der Waals surface area contributed by atoms with E-state index in [1.807, 2.05) is 12.3 Å². The molecule has 0 aromatic carbocycles. The molecule has 1 aliphatic rings. The van der Waals surface area contributed by atoms with Crippen LogP contribution < -0.4 is 10.9 Å². The summed E-state index contributed by atoms with van der Waals surface area (Å²) in [4.78, 5) is 13.9. The molecule has 1 aromatic rings. The number of aromatic nitrogens is 1. The van der Waals surface area contributed by atoms with E-state index in [2.05, 4.69) is 17.1 Å². The number of nitrogens with zero attached hydrogens (tertiary/aromatic N) is 2. The van der Waals surface area contributed by atoms with E-state index in [9.17, 15) is 4.79 Å². The topological polar surface area (TPSA) is 37.3 Å². The first-order valence-corrected chi connectivity index (χ1v) is 7.34. The molecule has 1 unspecified atom stereocenters. The molecule has 4 heteroatoms. The van der Waals surface area contributed by atoms with Gasteiger partial charge in [-0.3, -0.25) is 4.79 Å². The monoisotopic (exact) mass is 263 g/mol. The van der Waals surface area contributed by atoms with Gasteiger partial charge in [-0.15, -0.1) is 0 Å². The lowest BCUT2D eigenvalue weighted by Gasteiger charge is -2.20. The maximum absolute atomic E-state index is 11.4. The molecule has 0 saturated carbocycles. The summed E-state index contributed by atoms with van der Waals surface area (Å²) >= 11 is 0. The molecule has 106 valence electrons. The van der Waals surface area contributed by atoms with Crippen molar-refractivity contribution in [3.8, 4) is 0 Å². The molecular formula is C15H25N3O. The summed E-state index contributed by atoms with van der Waals surface area (Å²) in [7, 11) is 1.80. The number of pyridine rings is 1. The third-order valence-corrected chi connectivity index (χ3v) is 3.82. The minimum absolute atomic E-state index is 0.0422. The van der Waals surface area contributed by atoms with Crippen LogP contribution in [0.15, 0.2) is 23.1 Å². The van der Waals surface area contributed by atoms with Crippen molar-refractivity contribution >= 4 is 5.69 Å². The first-order valence-electron chi connectivity index (χ1n) is 7.34. The SMILES string of the molecule is CCCN1CCCC(Nc2ccc(=O)n(C)c2)CC1. The molecule has 0 amide bonds. The van der Waals surface area contributed by atoms with Crippen molar-refractivity contribution in [2.75, 3.05) is 25.0 Å². The highest BCUT2D eigenvalue weighted by Crippen LogP contribution is 2.16. The summed E-state index contributed by atoms with van der Waals surface area (Å²) in [5.41, 5.74) is 1.09. The van der Waals surface area contributed by atoms with Gasteiger partial charge in [0.15, 0.2) is 0 Å². The first-order chi connectivity index (χ1) is 9.19. The molecule has 19 heavy (non-hydrogen) atoms. The maximum Gasteiger partial charge on any atom is 0.250 e. The fourth-order valence-electron chi connectivity index (χ4n) is 2.76. The van der Waals surface area contributed by atoms with E-state index in [0.717, 1.165) is 5.69 Å². The number of aryl methyl sites for hydroxylation is 1. The van der Waals surface area contributed by atoms with E-state index < -0.39 is 0 Å². The third-order valence-electron chi connectivity index (χ3n) is 3.82. The molecule has 1 fully saturated rings. The zero-order valence-electron chi connectivity index (χ0n) is 12.1. The van der Waals surface area contributed by atoms with Gasteiger partial charge in [-0.2, -0.15) is 0 Å². The highest BCUT2D eigenvalue weighted by atomic mass is 16.1. The first kappa shape index (κ1) is 14.1. The largest absolute Gasteiger partial charge is 0.381 e. The van der Waals surface area contributed by atoms with Gasteiger partial charge < -0.3 is 14.8 Å². The van der Waals surface area contributed by atoms with Gasteiger partial charge in [0.25, 0.3) is 0 Å². The number of nitrogens with one attached hydrogen (secondary N) is 1. The summed E-state index contributed by atoms with van der Waals surface area (Å²) in [5.74, 6) is 0. The number of hydrogen-bond donors (Lipinski definition) is 1. The molecule has 4 nitrogen and oxygen atoms in total. The smallest absolute Gasteiger partial charge is 0.250 e. The molecule has 0 aliphatic carbocycles. The van der Waals surface area contributed by atoms with Crippen molar-refractivity contribution in [3.05, 3.63) is 28.7 Å². The third kappa shape index (κ3) is 4.10. The summed E-state index contributed by atoms with van der Waals surface area (Å²) in [6.07, 6.45) is 6.77. The van der Waals surface area contributed by atoms with E-state index in [1.165, 1.54) is 45.3 Å². The quantitative estimate of drug-likeness (QED) is 0.903. The van der Waals surface area contributed by atoms with Gasteiger partial charge in [0.1, 0.15) is 0 Å². The van der Waals surface area contributed by atoms with Crippen LogP contribution in [0.4, 0.5) is 5.69 Å². The number of rotatable bonds is 4. The van der Waals surface area contributed by atoms with E-state index in [0.29, 0.717) is 6.04 Å². The lowest BCUT2D eigenvalue weighted by atomic mass is 10.1. The van der Waals surface area contributed by atoms with Gasteiger partial charge in [0.05, 0.1) is 5.69 Å². The van der Waals surface area contributed by atoms with Crippen molar-refractivity contribution in [2.45, 2.75) is 38.6 Å². The minimum atomic E-state index is 0.0422. The van der Waals surface area contributed by atoms with Gasteiger partial charge >= 0.3 is 0 Å². The Morgan fingerprint density at radius 2 is 2.16 bits per heavy atom. The van der Waals surface area contributed by atoms with E-state index >= 15 is 0 Å².